The molecular weight excluding hydrogens is 204 g/mol. The van der Waals surface area contributed by atoms with Crippen molar-refractivity contribution in [2.24, 2.45) is 5.10 Å². The molecule has 0 fully saturated rings. The van der Waals surface area contributed by atoms with Crippen molar-refractivity contribution >= 4 is 12.1 Å². The number of nitrogens with one attached hydrogen (secondary N) is 2. The number of hydrazone groups is 1. The van der Waals surface area contributed by atoms with Crippen molar-refractivity contribution in [2.75, 3.05) is 0 Å². The SMILES string of the molecule is O=C(N/N=C/c1ccc[nH]1)c1ccccn1. The molecule has 0 spiro atoms. The molecule has 0 saturated heterocycles. The summed E-state index contributed by atoms with van der Waals surface area (Å²) in [4.78, 5) is 18.3. The third-order valence-electron chi connectivity index (χ3n) is 1.89. The molecule has 1 amide bonds. The lowest BCUT2D eigenvalue weighted by molar-refractivity contribution is 0.0950. The Hall–Kier alpha value is -2.43. The molecule has 0 aromatic carbocycles. The van der Waals surface area contributed by atoms with E-state index in [9.17, 15) is 4.79 Å². The van der Waals surface area contributed by atoms with Crippen LogP contribution in [-0.2, 0) is 0 Å². The van der Waals surface area contributed by atoms with Gasteiger partial charge in [0, 0.05) is 12.4 Å². The Labute approximate surface area is 92.2 Å². The van der Waals surface area contributed by atoms with Gasteiger partial charge in [0.2, 0.25) is 0 Å². The molecule has 5 nitrogen and oxygen atoms in total. The fourth-order valence-corrected chi connectivity index (χ4v) is 1.14. The van der Waals surface area contributed by atoms with Gasteiger partial charge in [0.1, 0.15) is 5.69 Å². The number of carbonyl (C=O) groups is 1. The number of nitrogens with zero attached hydrogens (tertiary/aromatic N) is 2. The number of carbonyl (C=O) groups excluding carboxylic acids is 1. The summed E-state index contributed by atoms with van der Waals surface area (Å²) in [7, 11) is 0. The highest BCUT2D eigenvalue weighted by Gasteiger charge is 2.03. The number of rotatable bonds is 3. The Bertz CT molecular complexity index is 476. The molecule has 2 rings (SSSR count). The van der Waals surface area contributed by atoms with E-state index < -0.39 is 0 Å². The number of pyridine rings is 1. The van der Waals surface area contributed by atoms with Gasteiger partial charge in [0.05, 0.1) is 11.9 Å². The normalized spacial score (nSPS) is 10.5. The van der Waals surface area contributed by atoms with Crippen molar-refractivity contribution in [3.8, 4) is 0 Å². The molecule has 0 aliphatic rings. The number of aromatic nitrogens is 2. The van der Waals surface area contributed by atoms with Crippen LogP contribution >= 0.6 is 0 Å². The molecule has 2 heterocycles. The summed E-state index contributed by atoms with van der Waals surface area (Å²) >= 11 is 0. The van der Waals surface area contributed by atoms with Crippen LogP contribution in [0.15, 0.2) is 47.8 Å². The smallest absolute Gasteiger partial charge is 0.289 e. The number of aromatic amines is 1. The van der Waals surface area contributed by atoms with Gasteiger partial charge >= 0.3 is 0 Å². The molecule has 2 N–H and O–H groups in total. The summed E-state index contributed by atoms with van der Waals surface area (Å²) < 4.78 is 0. The van der Waals surface area contributed by atoms with Crippen molar-refractivity contribution in [3.63, 3.8) is 0 Å². The maximum atomic E-state index is 11.5. The van der Waals surface area contributed by atoms with Crippen molar-refractivity contribution in [3.05, 3.63) is 54.1 Å². The molecular formula is C11H10N4O. The van der Waals surface area contributed by atoms with Crippen LogP contribution in [-0.4, -0.2) is 22.1 Å². The second-order valence-corrected chi connectivity index (χ2v) is 3.04. The van der Waals surface area contributed by atoms with Gasteiger partial charge in [0.15, 0.2) is 0 Å². The van der Waals surface area contributed by atoms with Crippen LogP contribution in [0.5, 0.6) is 0 Å². The Morgan fingerprint density at radius 2 is 2.31 bits per heavy atom. The highest BCUT2D eigenvalue weighted by atomic mass is 16.2. The molecule has 2 aromatic heterocycles. The van der Waals surface area contributed by atoms with E-state index in [4.69, 9.17) is 0 Å². The minimum atomic E-state index is -0.330. The van der Waals surface area contributed by atoms with Crippen LogP contribution in [0.25, 0.3) is 0 Å². The minimum absolute atomic E-state index is 0.330. The van der Waals surface area contributed by atoms with E-state index in [-0.39, 0.29) is 5.91 Å². The molecule has 16 heavy (non-hydrogen) atoms. The van der Waals surface area contributed by atoms with Gasteiger partial charge in [-0.05, 0) is 24.3 Å². The van der Waals surface area contributed by atoms with Gasteiger partial charge in [-0.2, -0.15) is 5.10 Å². The number of hydrogen-bond acceptors (Lipinski definition) is 3. The zero-order valence-electron chi connectivity index (χ0n) is 8.42. The highest BCUT2D eigenvalue weighted by molar-refractivity contribution is 5.92. The van der Waals surface area contributed by atoms with Crippen LogP contribution in [0.1, 0.15) is 16.2 Å². The summed E-state index contributed by atoms with van der Waals surface area (Å²) in [6.07, 6.45) is 4.87. The average Bonchev–Trinajstić information content (AvgIpc) is 2.83. The van der Waals surface area contributed by atoms with Crippen LogP contribution in [0.2, 0.25) is 0 Å². The maximum Gasteiger partial charge on any atom is 0.289 e. The molecule has 5 heteroatoms. The van der Waals surface area contributed by atoms with Gasteiger partial charge in [-0.25, -0.2) is 5.43 Å². The second-order valence-electron chi connectivity index (χ2n) is 3.04. The summed E-state index contributed by atoms with van der Waals surface area (Å²) in [5.74, 6) is -0.330. The topological polar surface area (TPSA) is 70.1 Å². The second kappa shape index (κ2) is 4.88. The molecule has 0 unspecified atom stereocenters. The van der Waals surface area contributed by atoms with E-state index >= 15 is 0 Å². The summed E-state index contributed by atoms with van der Waals surface area (Å²) in [6.45, 7) is 0. The summed E-state index contributed by atoms with van der Waals surface area (Å²) in [5.41, 5.74) is 3.54. The van der Waals surface area contributed by atoms with E-state index in [0.717, 1.165) is 5.69 Å². The van der Waals surface area contributed by atoms with Gasteiger partial charge in [-0.15, -0.1) is 0 Å². The first-order chi connectivity index (χ1) is 7.86. The van der Waals surface area contributed by atoms with Gasteiger partial charge in [-0.3, -0.25) is 9.78 Å². The van der Waals surface area contributed by atoms with E-state index in [1.165, 1.54) is 6.21 Å². The number of hydrogen-bond donors (Lipinski definition) is 2. The van der Waals surface area contributed by atoms with Gasteiger partial charge in [-0.1, -0.05) is 6.07 Å². The standard InChI is InChI=1S/C11H10N4O/c16-11(10-5-1-2-6-13-10)15-14-8-9-4-3-7-12-9/h1-8,12H,(H,15,16)/b14-8+. The fraction of sp³-hybridized carbons (Fsp3) is 0. The molecule has 0 radical (unpaired) electrons. The molecule has 80 valence electrons. The summed E-state index contributed by atoms with van der Waals surface area (Å²) in [5, 5.41) is 3.79. The van der Waals surface area contributed by atoms with Crippen molar-refractivity contribution in [1.82, 2.24) is 15.4 Å². The van der Waals surface area contributed by atoms with Crippen molar-refractivity contribution < 1.29 is 4.79 Å². The lowest BCUT2D eigenvalue weighted by Gasteiger charge is -1.96. The predicted octanol–water partition coefficient (Wildman–Crippen LogP) is 1.17. The Morgan fingerprint density at radius 1 is 1.38 bits per heavy atom. The van der Waals surface area contributed by atoms with E-state index in [2.05, 4.69) is 20.5 Å². The van der Waals surface area contributed by atoms with Crippen LogP contribution in [0.3, 0.4) is 0 Å². The van der Waals surface area contributed by atoms with Crippen molar-refractivity contribution in [2.45, 2.75) is 0 Å². The molecule has 0 atom stereocenters. The zero-order valence-corrected chi connectivity index (χ0v) is 8.42. The van der Waals surface area contributed by atoms with E-state index in [1.54, 1.807) is 30.6 Å². The maximum absolute atomic E-state index is 11.5. The monoisotopic (exact) mass is 214 g/mol. The number of amides is 1. The lowest BCUT2D eigenvalue weighted by atomic mass is 10.3. The van der Waals surface area contributed by atoms with Crippen LogP contribution in [0.4, 0.5) is 0 Å². The molecule has 0 aliphatic heterocycles. The third kappa shape index (κ3) is 2.54. The van der Waals surface area contributed by atoms with Gasteiger partial charge in [0.25, 0.3) is 5.91 Å². The summed E-state index contributed by atoms with van der Waals surface area (Å²) in [6, 6.07) is 8.81. The van der Waals surface area contributed by atoms with Gasteiger partial charge < -0.3 is 4.98 Å². The van der Waals surface area contributed by atoms with E-state index in [0.29, 0.717) is 5.69 Å². The fourth-order valence-electron chi connectivity index (χ4n) is 1.14. The zero-order chi connectivity index (χ0) is 11.2. The lowest BCUT2D eigenvalue weighted by Crippen LogP contribution is -2.18. The molecule has 0 bridgehead atoms. The quantitative estimate of drug-likeness (QED) is 0.594. The Morgan fingerprint density at radius 3 is 3.00 bits per heavy atom. The first kappa shape index (κ1) is 10.1. The molecule has 2 aromatic rings. The van der Waals surface area contributed by atoms with E-state index in [1.807, 2.05) is 12.1 Å². The Kier molecular flexibility index (Phi) is 3.08. The third-order valence-corrected chi connectivity index (χ3v) is 1.89. The molecule has 0 aliphatic carbocycles. The average molecular weight is 214 g/mol. The Balaban J connectivity index is 1.94. The minimum Gasteiger partial charge on any atom is -0.360 e. The first-order valence-corrected chi connectivity index (χ1v) is 4.74. The highest BCUT2D eigenvalue weighted by Crippen LogP contribution is 1.93. The van der Waals surface area contributed by atoms with Crippen LogP contribution < -0.4 is 5.43 Å². The predicted molar refractivity (Wildman–Crippen MR) is 60.1 cm³/mol. The largest absolute Gasteiger partial charge is 0.360 e. The first-order valence-electron chi connectivity index (χ1n) is 4.74. The number of H-pyrrole nitrogens is 1. The van der Waals surface area contributed by atoms with Crippen LogP contribution in [0, 0.1) is 0 Å². The van der Waals surface area contributed by atoms with Crippen molar-refractivity contribution in [1.29, 1.82) is 0 Å². The molecule has 0 saturated carbocycles.